The molecule has 5 heteroatoms. The lowest BCUT2D eigenvalue weighted by Gasteiger charge is -2.57. The third kappa shape index (κ3) is 4.60. The smallest absolute Gasteiger partial charge is 0.338 e. The van der Waals surface area contributed by atoms with Crippen molar-refractivity contribution in [2.24, 2.45) is 17.8 Å². The fourth-order valence-electron chi connectivity index (χ4n) is 8.19. The Morgan fingerprint density at radius 3 is 2.23 bits per heavy atom. The number of esters is 1. The first kappa shape index (κ1) is 25.9. The largest absolute Gasteiger partial charge is 0.492 e. The standard InChI is InChI=1S/C34H38O5/c1-3-5-12-39-31-26(25-8-6-7-9-27(25)32(35)36)11-10-24-16-29(33(37)38-4-2)30(17-28(24)31)34-18-21-13-22(19-34)15-23(14-21)20-34/h6-11,16-17,21-23H,3-5,12-15,18-20H2,1-2H3,(H,35,36). The highest BCUT2D eigenvalue weighted by Crippen LogP contribution is 2.61. The molecule has 5 nitrogen and oxygen atoms in total. The number of benzene rings is 3. The summed E-state index contributed by atoms with van der Waals surface area (Å²) >= 11 is 0. The van der Waals surface area contributed by atoms with Gasteiger partial charge in [-0.3, -0.25) is 0 Å². The van der Waals surface area contributed by atoms with Crippen LogP contribution in [0.3, 0.4) is 0 Å². The molecule has 0 heterocycles. The zero-order valence-corrected chi connectivity index (χ0v) is 23.0. The highest BCUT2D eigenvalue weighted by atomic mass is 16.5. The van der Waals surface area contributed by atoms with Gasteiger partial charge in [0, 0.05) is 10.9 Å². The summed E-state index contributed by atoms with van der Waals surface area (Å²) in [6.45, 7) is 4.87. The van der Waals surface area contributed by atoms with Crippen LogP contribution in [-0.2, 0) is 10.2 Å². The number of ether oxygens (including phenoxy) is 2. The number of carboxylic acid groups (broad SMARTS) is 1. The molecule has 0 saturated heterocycles. The van der Waals surface area contributed by atoms with Gasteiger partial charge in [-0.05, 0) is 116 Å². The van der Waals surface area contributed by atoms with Gasteiger partial charge in [0.1, 0.15) is 5.75 Å². The SMILES string of the molecule is CCCCOc1c(-c2ccccc2C(=O)O)ccc2cc(C(=O)OCC)c(C34CC5CC(CC(C5)C3)C4)cc12. The molecule has 0 spiro atoms. The number of carboxylic acids is 1. The van der Waals surface area contributed by atoms with E-state index in [1.165, 1.54) is 19.3 Å². The Morgan fingerprint density at radius 1 is 0.897 bits per heavy atom. The number of aromatic carboxylic acids is 1. The fraction of sp³-hybridized carbons (Fsp3) is 0.471. The quantitative estimate of drug-likeness (QED) is 0.226. The van der Waals surface area contributed by atoms with Gasteiger partial charge in [-0.25, -0.2) is 9.59 Å². The Morgan fingerprint density at radius 2 is 1.59 bits per heavy atom. The van der Waals surface area contributed by atoms with Gasteiger partial charge in [0.15, 0.2) is 0 Å². The van der Waals surface area contributed by atoms with Crippen LogP contribution in [0.2, 0.25) is 0 Å². The maximum absolute atomic E-state index is 13.4. The van der Waals surface area contributed by atoms with E-state index in [0.717, 1.165) is 71.8 Å². The first-order chi connectivity index (χ1) is 18.9. The fourth-order valence-corrected chi connectivity index (χ4v) is 8.19. The maximum Gasteiger partial charge on any atom is 0.338 e. The Kier molecular flexibility index (Phi) is 6.86. The molecule has 0 atom stereocenters. The van der Waals surface area contributed by atoms with E-state index in [9.17, 15) is 14.7 Å². The summed E-state index contributed by atoms with van der Waals surface area (Å²) < 4.78 is 12.1. The zero-order valence-electron chi connectivity index (χ0n) is 23.0. The number of hydrogen-bond acceptors (Lipinski definition) is 4. The molecule has 3 aromatic carbocycles. The Balaban J connectivity index is 1.58. The van der Waals surface area contributed by atoms with Crippen LogP contribution in [0.4, 0.5) is 0 Å². The van der Waals surface area contributed by atoms with Crippen LogP contribution >= 0.6 is 0 Å². The van der Waals surface area contributed by atoms with Gasteiger partial charge in [0.25, 0.3) is 0 Å². The van der Waals surface area contributed by atoms with Crippen molar-refractivity contribution in [1.82, 2.24) is 0 Å². The number of carbonyl (C=O) groups is 2. The van der Waals surface area contributed by atoms with Crippen molar-refractivity contribution in [1.29, 1.82) is 0 Å². The third-order valence-electron chi connectivity index (χ3n) is 9.41. The van der Waals surface area contributed by atoms with Gasteiger partial charge >= 0.3 is 11.9 Å². The summed E-state index contributed by atoms with van der Waals surface area (Å²) in [5.74, 6) is 1.69. The molecule has 3 aromatic rings. The van der Waals surface area contributed by atoms with Gasteiger partial charge in [0.05, 0.1) is 24.3 Å². The monoisotopic (exact) mass is 526 g/mol. The van der Waals surface area contributed by atoms with E-state index in [0.29, 0.717) is 30.1 Å². The molecule has 0 aromatic heterocycles. The zero-order chi connectivity index (χ0) is 27.1. The molecule has 4 aliphatic carbocycles. The molecule has 0 amide bonds. The van der Waals surface area contributed by atoms with Crippen LogP contribution in [0, 0.1) is 17.8 Å². The average Bonchev–Trinajstić information content (AvgIpc) is 2.92. The second kappa shape index (κ2) is 10.3. The number of carbonyl (C=O) groups excluding carboxylic acids is 1. The molecule has 4 fully saturated rings. The summed E-state index contributed by atoms with van der Waals surface area (Å²) in [5, 5.41) is 11.8. The van der Waals surface area contributed by atoms with Crippen molar-refractivity contribution >= 4 is 22.7 Å². The maximum atomic E-state index is 13.4. The summed E-state index contributed by atoms with van der Waals surface area (Å²) in [5.41, 5.74) is 3.45. The number of rotatable bonds is 9. The Bertz CT molecular complexity index is 1390. The van der Waals surface area contributed by atoms with Gasteiger partial charge in [-0.1, -0.05) is 37.6 Å². The normalized spacial score (nSPS) is 25.1. The highest BCUT2D eigenvalue weighted by molar-refractivity contribution is 6.04. The minimum Gasteiger partial charge on any atom is -0.492 e. The van der Waals surface area contributed by atoms with Crippen molar-refractivity contribution in [2.45, 2.75) is 70.6 Å². The molecule has 0 aliphatic heterocycles. The van der Waals surface area contributed by atoms with E-state index in [4.69, 9.17) is 9.47 Å². The van der Waals surface area contributed by atoms with Gasteiger partial charge < -0.3 is 14.6 Å². The Hall–Kier alpha value is -3.34. The molecule has 4 saturated carbocycles. The van der Waals surface area contributed by atoms with Crippen LogP contribution < -0.4 is 4.74 Å². The molecule has 4 aliphatic rings. The molecule has 0 unspecified atom stereocenters. The van der Waals surface area contributed by atoms with E-state index >= 15 is 0 Å². The van der Waals surface area contributed by atoms with Crippen LogP contribution in [0.5, 0.6) is 5.75 Å². The Labute approximate surface area is 230 Å². The number of hydrogen-bond donors (Lipinski definition) is 1. The lowest BCUT2D eigenvalue weighted by atomic mass is 9.47. The van der Waals surface area contributed by atoms with Crippen LogP contribution in [-0.4, -0.2) is 30.3 Å². The average molecular weight is 527 g/mol. The van der Waals surface area contributed by atoms with Crippen molar-refractivity contribution in [2.75, 3.05) is 13.2 Å². The van der Waals surface area contributed by atoms with Crippen molar-refractivity contribution in [3.05, 3.63) is 65.2 Å². The second-order valence-corrected chi connectivity index (χ2v) is 12.0. The van der Waals surface area contributed by atoms with Gasteiger partial charge in [-0.2, -0.15) is 0 Å². The summed E-state index contributed by atoms with van der Waals surface area (Å²) in [7, 11) is 0. The van der Waals surface area contributed by atoms with Crippen LogP contribution in [0.25, 0.3) is 21.9 Å². The van der Waals surface area contributed by atoms with E-state index in [2.05, 4.69) is 13.0 Å². The minimum absolute atomic E-state index is 0.0132. The molecule has 7 rings (SSSR count). The second-order valence-electron chi connectivity index (χ2n) is 12.0. The van der Waals surface area contributed by atoms with E-state index in [1.807, 2.05) is 37.3 Å². The van der Waals surface area contributed by atoms with Crippen LogP contribution in [0.15, 0.2) is 48.5 Å². The van der Waals surface area contributed by atoms with E-state index in [-0.39, 0.29) is 16.9 Å². The molecule has 204 valence electrons. The molecule has 0 radical (unpaired) electrons. The minimum atomic E-state index is -0.961. The number of unbranched alkanes of at least 4 members (excludes halogenated alkanes) is 1. The summed E-state index contributed by atoms with van der Waals surface area (Å²) in [6, 6.07) is 15.2. The topological polar surface area (TPSA) is 72.8 Å². The number of fused-ring (bicyclic) bond motifs is 1. The summed E-state index contributed by atoms with van der Waals surface area (Å²) in [4.78, 5) is 25.5. The molecule has 1 N–H and O–H groups in total. The lowest BCUT2D eigenvalue weighted by Crippen LogP contribution is -2.49. The first-order valence-electron chi connectivity index (χ1n) is 14.7. The van der Waals surface area contributed by atoms with Crippen molar-refractivity contribution in [3.8, 4) is 16.9 Å². The van der Waals surface area contributed by atoms with E-state index < -0.39 is 5.97 Å². The van der Waals surface area contributed by atoms with Gasteiger partial charge in [0.2, 0.25) is 0 Å². The van der Waals surface area contributed by atoms with Crippen molar-refractivity contribution < 1.29 is 24.2 Å². The predicted molar refractivity (Wildman–Crippen MR) is 153 cm³/mol. The highest BCUT2D eigenvalue weighted by Gasteiger charge is 2.52. The predicted octanol–water partition coefficient (Wildman–Crippen LogP) is 8.03. The molecule has 4 bridgehead atoms. The van der Waals surface area contributed by atoms with Crippen molar-refractivity contribution in [3.63, 3.8) is 0 Å². The summed E-state index contributed by atoms with van der Waals surface area (Å²) in [6.07, 6.45) is 9.26. The molecular formula is C34H38O5. The molecular weight excluding hydrogens is 488 g/mol. The van der Waals surface area contributed by atoms with E-state index in [1.54, 1.807) is 12.1 Å². The van der Waals surface area contributed by atoms with Gasteiger partial charge in [-0.15, -0.1) is 0 Å². The lowest BCUT2D eigenvalue weighted by molar-refractivity contribution is -0.00599. The first-order valence-corrected chi connectivity index (χ1v) is 14.7. The van der Waals surface area contributed by atoms with Crippen LogP contribution in [0.1, 0.15) is 91.5 Å². The molecule has 39 heavy (non-hydrogen) atoms. The third-order valence-corrected chi connectivity index (χ3v) is 9.41.